The predicted octanol–water partition coefficient (Wildman–Crippen LogP) is 1.41. The summed E-state index contributed by atoms with van der Waals surface area (Å²) in [5.41, 5.74) is 0. The molecule has 0 aliphatic heterocycles. The molecule has 0 aromatic carbocycles. The van der Waals surface area contributed by atoms with Crippen molar-refractivity contribution < 1.29 is 23.7 Å². The molecule has 0 N–H and O–H groups in total. The topological polar surface area (TPSA) is 46.2 Å². The van der Waals surface area contributed by atoms with E-state index < -0.39 is 0 Å². The van der Waals surface area contributed by atoms with Crippen LogP contribution in [-0.2, 0) is 23.7 Å². The van der Waals surface area contributed by atoms with Gasteiger partial charge in [0, 0.05) is 26.9 Å². The van der Waals surface area contributed by atoms with E-state index in [9.17, 15) is 0 Å². The molecule has 0 bridgehead atoms. The molecular weight excluding hydrogens is 212 g/mol. The quantitative estimate of drug-likeness (QED) is 0.508. The molecule has 0 amide bonds. The Morgan fingerprint density at radius 1 is 0.750 bits per heavy atom. The van der Waals surface area contributed by atoms with Crippen LogP contribution < -0.4 is 0 Å². The third-order valence-electron chi connectivity index (χ3n) is 1.83. The van der Waals surface area contributed by atoms with Crippen molar-refractivity contribution in [3.63, 3.8) is 0 Å². The van der Waals surface area contributed by atoms with Crippen LogP contribution in [0.25, 0.3) is 0 Å². The zero-order valence-electron chi connectivity index (χ0n) is 10.7. The maximum atomic E-state index is 5.41. The van der Waals surface area contributed by atoms with Crippen LogP contribution in [0, 0.1) is 0 Å². The van der Waals surface area contributed by atoms with Gasteiger partial charge in [-0.05, 0) is 20.8 Å². The van der Waals surface area contributed by atoms with Crippen molar-refractivity contribution in [2.45, 2.75) is 33.4 Å². The first-order chi connectivity index (χ1) is 7.78. The van der Waals surface area contributed by atoms with E-state index in [2.05, 4.69) is 0 Å². The summed E-state index contributed by atoms with van der Waals surface area (Å²) in [6.07, 6.45) is -0.636. The van der Waals surface area contributed by atoms with Crippen LogP contribution in [0.2, 0.25) is 0 Å². The second-order valence-electron chi connectivity index (χ2n) is 3.00. The zero-order chi connectivity index (χ0) is 12.2. The molecule has 0 fully saturated rings. The SMILES string of the molecule is CCOC(COCC(OCC)OCC)OC. The third-order valence-corrected chi connectivity index (χ3v) is 1.83. The highest BCUT2D eigenvalue weighted by molar-refractivity contribution is 4.44. The van der Waals surface area contributed by atoms with Gasteiger partial charge >= 0.3 is 0 Å². The fourth-order valence-electron chi connectivity index (χ4n) is 1.15. The molecule has 1 atom stereocenters. The summed E-state index contributed by atoms with van der Waals surface area (Å²) in [5.74, 6) is 0. The second kappa shape index (κ2) is 11.3. The second-order valence-corrected chi connectivity index (χ2v) is 3.00. The van der Waals surface area contributed by atoms with Gasteiger partial charge in [-0.3, -0.25) is 0 Å². The lowest BCUT2D eigenvalue weighted by molar-refractivity contribution is -0.196. The fourth-order valence-corrected chi connectivity index (χ4v) is 1.15. The highest BCUT2D eigenvalue weighted by Gasteiger charge is 2.11. The molecule has 0 saturated heterocycles. The maximum absolute atomic E-state index is 5.41. The van der Waals surface area contributed by atoms with Crippen LogP contribution in [0.5, 0.6) is 0 Å². The van der Waals surface area contributed by atoms with Crippen molar-refractivity contribution in [2.24, 2.45) is 0 Å². The van der Waals surface area contributed by atoms with Crippen molar-refractivity contribution in [1.82, 2.24) is 0 Å². The largest absolute Gasteiger partial charge is 0.371 e. The molecule has 16 heavy (non-hydrogen) atoms. The van der Waals surface area contributed by atoms with E-state index in [0.29, 0.717) is 33.0 Å². The van der Waals surface area contributed by atoms with Crippen LogP contribution in [0.4, 0.5) is 0 Å². The van der Waals surface area contributed by atoms with Gasteiger partial charge in [-0.25, -0.2) is 0 Å². The van der Waals surface area contributed by atoms with Crippen LogP contribution in [-0.4, -0.2) is 52.7 Å². The van der Waals surface area contributed by atoms with Gasteiger partial charge in [0.05, 0.1) is 13.2 Å². The summed E-state index contributed by atoms with van der Waals surface area (Å²) in [6.45, 7) is 8.32. The first kappa shape index (κ1) is 15.8. The monoisotopic (exact) mass is 236 g/mol. The van der Waals surface area contributed by atoms with E-state index in [4.69, 9.17) is 23.7 Å². The molecule has 0 aliphatic rings. The Bertz CT molecular complexity index is 136. The van der Waals surface area contributed by atoms with E-state index in [1.807, 2.05) is 20.8 Å². The molecule has 0 saturated carbocycles. The Kier molecular flexibility index (Phi) is 11.1. The lowest BCUT2D eigenvalue weighted by Gasteiger charge is -2.19. The van der Waals surface area contributed by atoms with Gasteiger partial charge < -0.3 is 23.7 Å². The van der Waals surface area contributed by atoms with Crippen molar-refractivity contribution in [1.29, 1.82) is 0 Å². The van der Waals surface area contributed by atoms with Crippen molar-refractivity contribution in [3.8, 4) is 0 Å². The Morgan fingerprint density at radius 2 is 1.19 bits per heavy atom. The predicted molar refractivity (Wildman–Crippen MR) is 60.3 cm³/mol. The third kappa shape index (κ3) is 8.01. The molecular formula is C11H24O5. The normalized spacial score (nSPS) is 13.3. The molecule has 0 rings (SSSR count). The molecule has 0 aliphatic carbocycles. The lowest BCUT2D eigenvalue weighted by Crippen LogP contribution is -2.28. The van der Waals surface area contributed by atoms with E-state index >= 15 is 0 Å². The van der Waals surface area contributed by atoms with Gasteiger partial charge in [-0.15, -0.1) is 0 Å². The van der Waals surface area contributed by atoms with Crippen LogP contribution in [0.1, 0.15) is 20.8 Å². The smallest absolute Gasteiger partial charge is 0.180 e. The van der Waals surface area contributed by atoms with Gasteiger partial charge in [-0.2, -0.15) is 0 Å². The van der Waals surface area contributed by atoms with Gasteiger partial charge in [0.25, 0.3) is 0 Å². The number of hydrogen-bond acceptors (Lipinski definition) is 5. The number of hydrogen-bond donors (Lipinski definition) is 0. The lowest BCUT2D eigenvalue weighted by atomic mass is 10.6. The molecule has 5 heteroatoms. The summed E-state index contributed by atoms with van der Waals surface area (Å²) in [6, 6.07) is 0. The summed E-state index contributed by atoms with van der Waals surface area (Å²) < 4.78 is 26.4. The van der Waals surface area contributed by atoms with E-state index in [1.54, 1.807) is 7.11 Å². The van der Waals surface area contributed by atoms with Crippen LogP contribution >= 0.6 is 0 Å². The number of rotatable bonds is 11. The summed E-state index contributed by atoms with van der Waals surface area (Å²) in [5, 5.41) is 0. The summed E-state index contributed by atoms with van der Waals surface area (Å²) >= 11 is 0. The summed E-state index contributed by atoms with van der Waals surface area (Å²) in [7, 11) is 1.59. The minimum absolute atomic E-state index is 0.311. The van der Waals surface area contributed by atoms with Gasteiger partial charge in [0.2, 0.25) is 0 Å². The fraction of sp³-hybridized carbons (Fsp3) is 1.00. The highest BCUT2D eigenvalue weighted by atomic mass is 16.7. The molecule has 0 aromatic heterocycles. The highest BCUT2D eigenvalue weighted by Crippen LogP contribution is 1.99. The standard InChI is InChI=1S/C11H24O5/c1-5-14-10(12-4)8-13-9-11(15-6-2)16-7-3/h10-11H,5-9H2,1-4H3. The van der Waals surface area contributed by atoms with Crippen molar-refractivity contribution >= 4 is 0 Å². The van der Waals surface area contributed by atoms with Crippen LogP contribution in [0.3, 0.4) is 0 Å². The van der Waals surface area contributed by atoms with E-state index in [0.717, 1.165) is 0 Å². The molecule has 0 spiro atoms. The van der Waals surface area contributed by atoms with Gasteiger partial charge in [0.15, 0.2) is 12.6 Å². The molecule has 1 unspecified atom stereocenters. The van der Waals surface area contributed by atoms with Crippen LogP contribution in [0.15, 0.2) is 0 Å². The molecule has 0 heterocycles. The molecule has 98 valence electrons. The minimum Gasteiger partial charge on any atom is -0.371 e. The van der Waals surface area contributed by atoms with Gasteiger partial charge in [-0.1, -0.05) is 0 Å². The number of methoxy groups -OCH3 is 1. The van der Waals surface area contributed by atoms with Crippen molar-refractivity contribution in [2.75, 3.05) is 40.1 Å². The molecule has 0 aromatic rings. The number of ether oxygens (including phenoxy) is 5. The zero-order valence-corrected chi connectivity index (χ0v) is 10.7. The van der Waals surface area contributed by atoms with Crippen molar-refractivity contribution in [3.05, 3.63) is 0 Å². The molecule has 0 radical (unpaired) electrons. The van der Waals surface area contributed by atoms with E-state index in [1.165, 1.54) is 0 Å². The van der Waals surface area contributed by atoms with Gasteiger partial charge in [0.1, 0.15) is 0 Å². The average molecular weight is 236 g/mol. The Balaban J connectivity index is 3.65. The molecule has 5 nitrogen and oxygen atoms in total. The minimum atomic E-state index is -0.325. The average Bonchev–Trinajstić information content (AvgIpc) is 2.28. The Labute approximate surface area is 98.0 Å². The summed E-state index contributed by atoms with van der Waals surface area (Å²) in [4.78, 5) is 0. The Hall–Kier alpha value is -0.200. The Morgan fingerprint density at radius 3 is 1.62 bits per heavy atom. The maximum Gasteiger partial charge on any atom is 0.180 e. The first-order valence-electron chi connectivity index (χ1n) is 5.73. The first-order valence-corrected chi connectivity index (χ1v) is 5.73. The van der Waals surface area contributed by atoms with E-state index in [-0.39, 0.29) is 12.6 Å².